The second kappa shape index (κ2) is 10.3. The highest BCUT2D eigenvalue weighted by Crippen LogP contribution is 2.49. The highest BCUT2D eigenvalue weighted by Gasteiger charge is 2.66. The van der Waals surface area contributed by atoms with E-state index in [2.05, 4.69) is 0 Å². The van der Waals surface area contributed by atoms with Crippen molar-refractivity contribution in [1.82, 2.24) is 9.21 Å². The van der Waals surface area contributed by atoms with Crippen LogP contribution in [0.4, 0.5) is 10.5 Å². The Balaban J connectivity index is 1.66. The molecule has 212 valence electrons. The smallest absolute Gasteiger partial charge is 0.340 e. The number of sulfonamides is 1. The van der Waals surface area contributed by atoms with Gasteiger partial charge in [0.15, 0.2) is 9.96 Å². The van der Waals surface area contributed by atoms with Crippen LogP contribution >= 0.6 is 34.5 Å². The molecule has 2 aromatic carbocycles. The van der Waals surface area contributed by atoms with Gasteiger partial charge < -0.3 is 14.7 Å². The van der Waals surface area contributed by atoms with Gasteiger partial charge in [-0.15, -0.1) is 11.3 Å². The molecule has 1 aromatic heterocycles. The molecule has 1 N–H and O–H groups in total. The number of thiophene rings is 1. The number of carbonyl (C=O) groups excluding carboxylic acids is 2. The Hall–Kier alpha value is -3.67. The van der Waals surface area contributed by atoms with E-state index in [1.165, 1.54) is 54.8 Å². The summed E-state index contributed by atoms with van der Waals surface area (Å²) in [6.45, 7) is -0.666. The zero-order valence-electron chi connectivity index (χ0n) is 21.4. The van der Waals surface area contributed by atoms with Gasteiger partial charge in [0.1, 0.15) is 11.1 Å². The third-order valence-corrected chi connectivity index (χ3v) is 11.0. The molecule has 2 aliphatic rings. The van der Waals surface area contributed by atoms with E-state index in [0.717, 1.165) is 9.21 Å². The summed E-state index contributed by atoms with van der Waals surface area (Å²) >= 11 is 13.0. The molecule has 1 spiro atoms. The minimum absolute atomic E-state index is 0.118. The Labute approximate surface area is 248 Å². The number of aromatic carboxylic acids is 1. The van der Waals surface area contributed by atoms with E-state index < -0.39 is 45.9 Å². The molecule has 2 aliphatic heterocycles. The van der Waals surface area contributed by atoms with Gasteiger partial charge >= 0.3 is 12.0 Å². The first-order valence-electron chi connectivity index (χ1n) is 11.8. The number of anilines is 1. The van der Waals surface area contributed by atoms with E-state index in [4.69, 9.17) is 27.9 Å². The number of benzene rings is 2. The third-order valence-electron chi connectivity index (χ3n) is 7.30. The Kier molecular flexibility index (Phi) is 7.25. The highest BCUT2D eigenvalue weighted by atomic mass is 35.5. The first-order chi connectivity index (χ1) is 19.4. The minimum atomic E-state index is -4.41. The molecule has 41 heavy (non-hydrogen) atoms. The van der Waals surface area contributed by atoms with Crippen molar-refractivity contribution in [2.45, 2.75) is 15.7 Å². The van der Waals surface area contributed by atoms with E-state index >= 15 is 0 Å². The molecular formula is C26H20Cl2N4O7S2. The summed E-state index contributed by atoms with van der Waals surface area (Å²) in [5.74, 6) is -3.24. The molecule has 2 saturated heterocycles. The molecule has 2 atom stereocenters. The van der Waals surface area contributed by atoms with Crippen molar-refractivity contribution in [2.75, 3.05) is 32.1 Å². The van der Waals surface area contributed by atoms with Crippen LogP contribution in [0.5, 0.6) is 5.75 Å². The molecule has 0 aliphatic carbocycles. The monoisotopic (exact) mass is 634 g/mol. The molecule has 3 amide bonds. The maximum absolute atomic E-state index is 14.3. The highest BCUT2D eigenvalue weighted by molar-refractivity contribution is 7.91. The van der Waals surface area contributed by atoms with Gasteiger partial charge in [-0.2, -0.15) is 9.57 Å². The number of halogens is 2. The summed E-state index contributed by atoms with van der Waals surface area (Å²) in [6, 6.07) is 11.9. The fraction of sp³-hybridized carbons (Fsp3) is 0.231. The fourth-order valence-corrected chi connectivity index (χ4v) is 8.88. The van der Waals surface area contributed by atoms with Crippen molar-refractivity contribution in [3.8, 4) is 11.8 Å². The van der Waals surface area contributed by atoms with E-state index in [9.17, 15) is 33.2 Å². The van der Waals surface area contributed by atoms with Crippen LogP contribution in [0.1, 0.15) is 27.4 Å². The van der Waals surface area contributed by atoms with Gasteiger partial charge in [-0.3, -0.25) is 4.79 Å². The van der Waals surface area contributed by atoms with Crippen LogP contribution in [0.25, 0.3) is 0 Å². The predicted octanol–water partition coefficient (Wildman–Crippen LogP) is 4.26. The Morgan fingerprint density at radius 2 is 1.80 bits per heavy atom. The summed E-state index contributed by atoms with van der Waals surface area (Å²) in [7, 11) is -1.83. The van der Waals surface area contributed by atoms with E-state index in [-0.39, 0.29) is 37.8 Å². The largest absolute Gasteiger partial charge is 0.494 e. The van der Waals surface area contributed by atoms with Crippen LogP contribution in [0, 0.1) is 11.3 Å². The number of rotatable bonds is 6. The lowest BCUT2D eigenvalue weighted by Gasteiger charge is -2.33. The lowest BCUT2D eigenvalue weighted by atomic mass is 9.80. The molecule has 0 saturated carbocycles. The first kappa shape index (κ1) is 28.8. The van der Waals surface area contributed by atoms with Crippen molar-refractivity contribution in [2.24, 2.45) is 0 Å². The van der Waals surface area contributed by atoms with E-state index in [0.29, 0.717) is 22.5 Å². The van der Waals surface area contributed by atoms with E-state index in [1.54, 1.807) is 12.1 Å². The molecule has 5 rings (SSSR count). The topological polar surface area (TPSA) is 148 Å². The molecule has 2 fully saturated rings. The number of carboxylic acid groups (broad SMARTS) is 1. The van der Waals surface area contributed by atoms with Crippen LogP contribution in [0.2, 0.25) is 10.0 Å². The lowest BCUT2D eigenvalue weighted by Crippen LogP contribution is -2.53. The SMILES string of the molecule is COc1c(C(=O)O)csc1S(=O)(=O)N1C[C@@H](c2ccc(C#N)cc2)[C@]2(C1)C(=O)N(c1cc(Cl)cc(Cl)c1)C(=O)N2C. The number of imide groups is 1. The van der Waals surface area contributed by atoms with Gasteiger partial charge in [-0.05, 0) is 35.9 Å². The molecule has 15 heteroatoms. The van der Waals surface area contributed by atoms with Crippen LogP contribution in [0.3, 0.4) is 0 Å². The quantitative estimate of drug-likeness (QED) is 0.395. The van der Waals surface area contributed by atoms with Gasteiger partial charge in [0.25, 0.3) is 15.9 Å². The van der Waals surface area contributed by atoms with Gasteiger partial charge in [0.2, 0.25) is 0 Å². The third kappa shape index (κ3) is 4.43. The summed E-state index contributed by atoms with van der Waals surface area (Å²) in [5.41, 5.74) is -1.03. The number of carbonyl (C=O) groups is 3. The fourth-order valence-electron chi connectivity index (χ4n) is 5.32. The number of ether oxygens (including phenoxy) is 1. The normalized spacial score (nSPS) is 21.1. The maximum Gasteiger partial charge on any atom is 0.340 e. The lowest BCUT2D eigenvalue weighted by molar-refractivity contribution is -0.124. The molecule has 11 nitrogen and oxygen atoms in total. The minimum Gasteiger partial charge on any atom is -0.494 e. The van der Waals surface area contributed by atoms with Crippen molar-refractivity contribution in [1.29, 1.82) is 5.26 Å². The number of hydrogen-bond donors (Lipinski definition) is 1. The second-order valence-corrected chi connectivity index (χ2v) is 13.3. The van der Waals surface area contributed by atoms with Crippen molar-refractivity contribution in [3.05, 3.63) is 74.6 Å². The van der Waals surface area contributed by atoms with Crippen molar-refractivity contribution >= 4 is 68.2 Å². The zero-order valence-corrected chi connectivity index (χ0v) is 24.5. The maximum atomic E-state index is 14.3. The van der Waals surface area contributed by atoms with Gasteiger partial charge in [0.05, 0.1) is 24.4 Å². The number of carboxylic acids is 1. The zero-order chi connectivity index (χ0) is 29.9. The summed E-state index contributed by atoms with van der Waals surface area (Å²) in [6.07, 6.45) is 0. The number of amides is 3. The van der Waals surface area contributed by atoms with Gasteiger partial charge in [0, 0.05) is 41.5 Å². The standard InChI is InChI=1S/C26H20Cl2N4O7S2/c1-30-25(36)32(18-8-16(27)7-17(28)9-18)24(35)26(30)13-31(11-20(26)15-5-3-14(10-29)4-6-15)41(37,38)23-21(39-2)19(12-40-23)22(33)34/h3-9,12,20H,11,13H2,1-2H3,(H,33,34)/t20-,26+/m0/s1. The van der Waals surface area contributed by atoms with Crippen LogP contribution in [-0.2, 0) is 14.8 Å². The second-order valence-electron chi connectivity index (χ2n) is 9.39. The summed E-state index contributed by atoms with van der Waals surface area (Å²) in [4.78, 5) is 41.7. The van der Waals surface area contributed by atoms with Crippen LogP contribution < -0.4 is 9.64 Å². The van der Waals surface area contributed by atoms with E-state index in [1.807, 2.05) is 6.07 Å². The number of nitriles is 1. The van der Waals surface area contributed by atoms with Crippen LogP contribution in [-0.4, -0.2) is 73.4 Å². The van der Waals surface area contributed by atoms with Crippen molar-refractivity contribution < 1.29 is 32.6 Å². The number of hydrogen-bond acceptors (Lipinski definition) is 8. The Morgan fingerprint density at radius 3 is 2.37 bits per heavy atom. The molecule has 0 bridgehead atoms. The average molecular weight is 636 g/mol. The Morgan fingerprint density at radius 1 is 1.17 bits per heavy atom. The van der Waals surface area contributed by atoms with Gasteiger partial charge in [-0.1, -0.05) is 35.3 Å². The van der Waals surface area contributed by atoms with Gasteiger partial charge in [-0.25, -0.2) is 22.9 Å². The van der Waals surface area contributed by atoms with Crippen LogP contribution in [0.15, 0.2) is 52.1 Å². The predicted molar refractivity (Wildman–Crippen MR) is 150 cm³/mol. The molecule has 3 aromatic rings. The summed E-state index contributed by atoms with van der Waals surface area (Å²) in [5, 5.41) is 20.3. The molecule has 0 radical (unpaired) electrons. The number of nitrogens with zero attached hydrogens (tertiary/aromatic N) is 4. The van der Waals surface area contributed by atoms with Crippen molar-refractivity contribution in [3.63, 3.8) is 0 Å². The number of urea groups is 1. The first-order valence-corrected chi connectivity index (χ1v) is 14.9. The number of likely N-dealkylation sites (N-methyl/N-ethyl adjacent to an activating group) is 1. The Bertz CT molecular complexity index is 1730. The summed E-state index contributed by atoms with van der Waals surface area (Å²) < 4.78 is 33.8. The molecule has 3 heterocycles. The number of methoxy groups -OCH3 is 1. The average Bonchev–Trinajstić information content (AvgIpc) is 3.60. The molecule has 0 unspecified atom stereocenters. The molecular weight excluding hydrogens is 615 g/mol.